The molecule has 0 atom stereocenters. The molecule has 0 aromatic heterocycles. The number of ether oxygens (including phenoxy) is 1. The van der Waals surface area contributed by atoms with Crippen molar-refractivity contribution in [1.82, 2.24) is 0 Å². The summed E-state index contributed by atoms with van der Waals surface area (Å²) in [5, 5.41) is 2.83. The van der Waals surface area contributed by atoms with Crippen LogP contribution in [0.25, 0.3) is 0 Å². The maximum Gasteiger partial charge on any atom is 0.338 e. The number of carbonyl (C=O) groups excluding carboxylic acids is 3. The highest BCUT2D eigenvalue weighted by atomic mass is 16.5. The van der Waals surface area contributed by atoms with Gasteiger partial charge in [-0.1, -0.05) is 6.07 Å². The molecule has 0 saturated heterocycles. The second kappa shape index (κ2) is 10.3. The van der Waals surface area contributed by atoms with Gasteiger partial charge in [-0.25, -0.2) is 4.79 Å². The normalized spacial score (nSPS) is 10.2. The number of esters is 1. The smallest absolute Gasteiger partial charge is 0.338 e. The summed E-state index contributed by atoms with van der Waals surface area (Å²) >= 11 is 0. The number of anilines is 2. The fourth-order valence-electron chi connectivity index (χ4n) is 2.76. The highest BCUT2D eigenvalue weighted by Gasteiger charge is 2.12. The number of ketones is 1. The number of benzene rings is 2. The van der Waals surface area contributed by atoms with Crippen molar-refractivity contribution in [2.24, 2.45) is 0 Å². The third kappa shape index (κ3) is 5.94. The average Bonchev–Trinajstić information content (AvgIpc) is 2.69. The third-order valence-electron chi connectivity index (χ3n) is 4.29. The quantitative estimate of drug-likeness (QED) is 0.525. The molecule has 0 bridgehead atoms. The number of rotatable bonds is 9. The predicted octanol–water partition coefficient (Wildman–Crippen LogP) is 3.92. The first-order valence-corrected chi connectivity index (χ1v) is 9.37. The van der Waals surface area contributed by atoms with Crippen molar-refractivity contribution in [2.45, 2.75) is 27.2 Å². The summed E-state index contributed by atoms with van der Waals surface area (Å²) in [6.45, 7) is 6.81. The lowest BCUT2D eigenvalue weighted by Gasteiger charge is -2.23. The van der Waals surface area contributed by atoms with Gasteiger partial charge in [0.15, 0.2) is 5.78 Å². The fraction of sp³-hybridized carbons (Fsp3) is 0.318. The van der Waals surface area contributed by atoms with Crippen LogP contribution in [0.3, 0.4) is 0 Å². The molecule has 0 spiro atoms. The number of carbonyl (C=O) groups is 3. The molecule has 0 aliphatic carbocycles. The summed E-state index contributed by atoms with van der Waals surface area (Å²) in [6.07, 6.45) is 0.298. The zero-order chi connectivity index (χ0) is 20.5. The first-order valence-electron chi connectivity index (χ1n) is 9.37. The Balaban J connectivity index is 1.95. The molecule has 2 aromatic carbocycles. The van der Waals surface area contributed by atoms with Crippen molar-refractivity contribution >= 4 is 29.0 Å². The van der Waals surface area contributed by atoms with E-state index in [1.807, 2.05) is 17.9 Å². The van der Waals surface area contributed by atoms with Crippen LogP contribution in [0.4, 0.5) is 11.4 Å². The Kier molecular flexibility index (Phi) is 7.75. The van der Waals surface area contributed by atoms with Gasteiger partial charge in [0, 0.05) is 36.4 Å². The molecule has 2 rings (SSSR count). The molecular formula is C22H26N2O4. The SMILES string of the molecule is CCOC(=O)c1cccc(N(CC)CCC(=O)Nc2ccc(C(C)=O)cc2)c1. The van der Waals surface area contributed by atoms with Gasteiger partial charge in [0.25, 0.3) is 0 Å². The Morgan fingerprint density at radius 3 is 2.32 bits per heavy atom. The molecule has 0 fully saturated rings. The summed E-state index contributed by atoms with van der Waals surface area (Å²) in [6, 6.07) is 14.0. The van der Waals surface area contributed by atoms with Gasteiger partial charge in [-0.2, -0.15) is 0 Å². The maximum absolute atomic E-state index is 12.3. The molecule has 2 aromatic rings. The first kappa shape index (κ1) is 21.2. The zero-order valence-corrected chi connectivity index (χ0v) is 16.5. The fourth-order valence-corrected chi connectivity index (χ4v) is 2.76. The Bertz CT molecular complexity index is 831. The number of hydrogen-bond acceptors (Lipinski definition) is 5. The van der Waals surface area contributed by atoms with E-state index in [0.29, 0.717) is 42.9 Å². The summed E-state index contributed by atoms with van der Waals surface area (Å²) in [5.41, 5.74) is 2.62. The Hall–Kier alpha value is -3.15. The summed E-state index contributed by atoms with van der Waals surface area (Å²) in [7, 11) is 0. The third-order valence-corrected chi connectivity index (χ3v) is 4.29. The summed E-state index contributed by atoms with van der Waals surface area (Å²) < 4.78 is 5.04. The number of nitrogens with one attached hydrogen (secondary N) is 1. The number of hydrogen-bond donors (Lipinski definition) is 1. The molecule has 6 nitrogen and oxygen atoms in total. The largest absolute Gasteiger partial charge is 0.462 e. The van der Waals surface area contributed by atoms with E-state index < -0.39 is 0 Å². The molecule has 0 radical (unpaired) electrons. The van der Waals surface area contributed by atoms with E-state index in [9.17, 15) is 14.4 Å². The van der Waals surface area contributed by atoms with Crippen molar-refractivity contribution in [2.75, 3.05) is 29.9 Å². The molecule has 0 unspecified atom stereocenters. The van der Waals surface area contributed by atoms with Crippen molar-refractivity contribution < 1.29 is 19.1 Å². The lowest BCUT2D eigenvalue weighted by atomic mass is 10.1. The van der Waals surface area contributed by atoms with Crippen LogP contribution < -0.4 is 10.2 Å². The van der Waals surface area contributed by atoms with E-state index in [1.54, 1.807) is 49.4 Å². The molecular weight excluding hydrogens is 356 g/mol. The lowest BCUT2D eigenvalue weighted by Crippen LogP contribution is -2.27. The maximum atomic E-state index is 12.3. The van der Waals surface area contributed by atoms with E-state index in [2.05, 4.69) is 5.32 Å². The molecule has 0 saturated carbocycles. The topological polar surface area (TPSA) is 75.7 Å². The Labute approximate surface area is 165 Å². The van der Waals surface area contributed by atoms with Crippen LogP contribution in [0.2, 0.25) is 0 Å². The van der Waals surface area contributed by atoms with Gasteiger partial charge in [0.05, 0.1) is 12.2 Å². The Morgan fingerprint density at radius 1 is 1.00 bits per heavy atom. The van der Waals surface area contributed by atoms with Gasteiger partial charge in [-0.15, -0.1) is 0 Å². The minimum atomic E-state index is -0.354. The molecule has 28 heavy (non-hydrogen) atoms. The van der Waals surface area contributed by atoms with E-state index in [0.717, 1.165) is 5.69 Å². The number of Topliss-reactive ketones (excluding diaryl/α,β-unsaturated/α-hetero) is 1. The Morgan fingerprint density at radius 2 is 1.71 bits per heavy atom. The highest BCUT2D eigenvalue weighted by molar-refractivity contribution is 5.95. The number of nitrogens with zero attached hydrogens (tertiary/aromatic N) is 1. The zero-order valence-electron chi connectivity index (χ0n) is 16.5. The molecule has 0 heterocycles. The molecule has 6 heteroatoms. The minimum Gasteiger partial charge on any atom is -0.462 e. The van der Waals surface area contributed by atoms with E-state index in [1.165, 1.54) is 6.92 Å². The van der Waals surface area contributed by atoms with Crippen molar-refractivity contribution in [1.29, 1.82) is 0 Å². The number of amides is 1. The van der Waals surface area contributed by atoms with Crippen LogP contribution in [-0.2, 0) is 9.53 Å². The lowest BCUT2D eigenvalue weighted by molar-refractivity contribution is -0.116. The van der Waals surface area contributed by atoms with Gasteiger partial charge < -0.3 is 15.0 Å². The monoisotopic (exact) mass is 382 g/mol. The van der Waals surface area contributed by atoms with Gasteiger partial charge in [0.2, 0.25) is 5.91 Å². The molecule has 148 valence electrons. The minimum absolute atomic E-state index is 0.0125. The van der Waals surface area contributed by atoms with Crippen molar-refractivity contribution in [3.8, 4) is 0 Å². The van der Waals surface area contributed by atoms with Crippen molar-refractivity contribution in [3.63, 3.8) is 0 Å². The molecule has 1 N–H and O–H groups in total. The van der Waals surface area contributed by atoms with Gasteiger partial charge >= 0.3 is 5.97 Å². The van der Waals surface area contributed by atoms with Gasteiger partial charge in [-0.05, 0) is 63.2 Å². The van der Waals surface area contributed by atoms with Gasteiger partial charge in [-0.3, -0.25) is 9.59 Å². The first-order chi connectivity index (χ1) is 13.4. The molecule has 0 aliphatic rings. The van der Waals surface area contributed by atoms with Crippen molar-refractivity contribution in [3.05, 3.63) is 59.7 Å². The second-order valence-corrected chi connectivity index (χ2v) is 6.28. The van der Waals surface area contributed by atoms with Crippen LogP contribution in [0.15, 0.2) is 48.5 Å². The van der Waals surface area contributed by atoms with E-state index >= 15 is 0 Å². The van der Waals surface area contributed by atoms with Crippen LogP contribution in [0.1, 0.15) is 47.9 Å². The summed E-state index contributed by atoms with van der Waals surface area (Å²) in [5.74, 6) is -0.482. The predicted molar refractivity (Wildman–Crippen MR) is 110 cm³/mol. The van der Waals surface area contributed by atoms with Crippen LogP contribution >= 0.6 is 0 Å². The molecule has 0 aliphatic heterocycles. The van der Waals surface area contributed by atoms with Crippen LogP contribution in [-0.4, -0.2) is 37.4 Å². The van der Waals surface area contributed by atoms with Gasteiger partial charge in [0.1, 0.15) is 0 Å². The van der Waals surface area contributed by atoms with Crippen LogP contribution in [0, 0.1) is 0 Å². The van der Waals surface area contributed by atoms with Crippen LogP contribution in [0.5, 0.6) is 0 Å². The average molecular weight is 382 g/mol. The summed E-state index contributed by atoms with van der Waals surface area (Å²) in [4.78, 5) is 37.5. The highest BCUT2D eigenvalue weighted by Crippen LogP contribution is 2.18. The molecule has 1 amide bonds. The standard InChI is InChI=1S/C22H26N2O4/c1-4-24(20-8-6-7-18(15-20)22(27)28-5-2)14-13-21(26)23-19-11-9-17(10-12-19)16(3)25/h6-12,15H,4-5,13-14H2,1-3H3,(H,23,26). The van der Waals surface area contributed by atoms with E-state index in [-0.39, 0.29) is 17.7 Å². The second-order valence-electron chi connectivity index (χ2n) is 6.28. The van der Waals surface area contributed by atoms with E-state index in [4.69, 9.17) is 4.74 Å².